The molecule has 0 aliphatic rings. The fraction of sp³-hybridized carbons (Fsp3) is 0.818. The number of ether oxygens (including phenoxy) is 1. The monoisotopic (exact) mass is 295 g/mol. The molecule has 1 amide bonds. The van der Waals surface area contributed by atoms with Crippen LogP contribution in [0.1, 0.15) is 20.3 Å². The van der Waals surface area contributed by atoms with Gasteiger partial charge >= 0.3 is 5.97 Å². The van der Waals surface area contributed by atoms with E-state index in [2.05, 4.69) is 10.1 Å². The molecule has 0 aromatic heterocycles. The standard InChI is InChI=1S/C11H21NO6S/c1-8(2)6-9(11(14)15)12-10(13)7-19(16,17)5-4-18-3/h8-9H,4-7H2,1-3H3,(H,12,13)(H,14,15). The van der Waals surface area contributed by atoms with Gasteiger partial charge in [0.25, 0.3) is 0 Å². The van der Waals surface area contributed by atoms with E-state index in [1.165, 1.54) is 7.11 Å². The number of hydrogen-bond acceptors (Lipinski definition) is 5. The molecule has 0 aliphatic heterocycles. The van der Waals surface area contributed by atoms with Crippen molar-refractivity contribution in [2.75, 3.05) is 25.2 Å². The van der Waals surface area contributed by atoms with Crippen molar-refractivity contribution < 1.29 is 27.9 Å². The number of rotatable bonds is 9. The van der Waals surface area contributed by atoms with E-state index in [1.807, 2.05) is 13.8 Å². The number of carboxylic acids is 1. The lowest BCUT2D eigenvalue weighted by molar-refractivity contribution is -0.141. The Bertz CT molecular complexity index is 403. The summed E-state index contributed by atoms with van der Waals surface area (Å²) in [6, 6.07) is -1.06. The van der Waals surface area contributed by atoms with Crippen LogP contribution in [0.2, 0.25) is 0 Å². The molecule has 2 N–H and O–H groups in total. The van der Waals surface area contributed by atoms with Gasteiger partial charge in [0.2, 0.25) is 5.91 Å². The van der Waals surface area contributed by atoms with E-state index in [4.69, 9.17) is 5.11 Å². The molecule has 0 rings (SSSR count). The van der Waals surface area contributed by atoms with Crippen molar-refractivity contribution in [2.45, 2.75) is 26.3 Å². The molecule has 8 heteroatoms. The van der Waals surface area contributed by atoms with Crippen molar-refractivity contribution in [3.05, 3.63) is 0 Å². The first-order valence-corrected chi connectivity index (χ1v) is 7.71. The van der Waals surface area contributed by atoms with Crippen LogP contribution in [-0.4, -0.2) is 56.7 Å². The van der Waals surface area contributed by atoms with Gasteiger partial charge in [0.1, 0.15) is 11.8 Å². The highest BCUT2D eigenvalue weighted by Gasteiger charge is 2.24. The molecule has 1 atom stereocenters. The summed E-state index contributed by atoms with van der Waals surface area (Å²) in [5, 5.41) is 11.1. The Hall–Kier alpha value is -1.15. The number of aliphatic carboxylic acids is 1. The number of carbonyl (C=O) groups excluding carboxylic acids is 1. The minimum absolute atomic E-state index is 0.00394. The number of amides is 1. The predicted octanol–water partition coefficient (Wildman–Crippen LogP) is -0.337. The highest BCUT2D eigenvalue weighted by atomic mass is 32.2. The lowest BCUT2D eigenvalue weighted by Gasteiger charge is -2.16. The third kappa shape index (κ3) is 8.55. The van der Waals surface area contributed by atoms with Gasteiger partial charge in [-0.25, -0.2) is 13.2 Å². The van der Waals surface area contributed by atoms with Gasteiger partial charge in [-0.2, -0.15) is 0 Å². The molecule has 1 unspecified atom stereocenters. The van der Waals surface area contributed by atoms with Crippen molar-refractivity contribution in [1.82, 2.24) is 5.32 Å². The van der Waals surface area contributed by atoms with Crippen LogP contribution in [0.25, 0.3) is 0 Å². The van der Waals surface area contributed by atoms with Crippen molar-refractivity contribution >= 4 is 21.7 Å². The van der Waals surface area contributed by atoms with Crippen molar-refractivity contribution in [2.24, 2.45) is 5.92 Å². The molecule has 19 heavy (non-hydrogen) atoms. The van der Waals surface area contributed by atoms with Crippen LogP contribution in [0.3, 0.4) is 0 Å². The molecule has 0 aromatic rings. The number of nitrogens with one attached hydrogen (secondary N) is 1. The number of sulfone groups is 1. The number of hydrogen-bond donors (Lipinski definition) is 2. The fourth-order valence-electron chi connectivity index (χ4n) is 1.41. The smallest absolute Gasteiger partial charge is 0.326 e. The molecular formula is C11H21NO6S. The van der Waals surface area contributed by atoms with Gasteiger partial charge in [0, 0.05) is 7.11 Å². The van der Waals surface area contributed by atoms with E-state index in [9.17, 15) is 18.0 Å². The second kappa shape index (κ2) is 8.11. The number of carbonyl (C=O) groups is 2. The van der Waals surface area contributed by atoms with Crippen LogP contribution in [0.5, 0.6) is 0 Å². The quantitative estimate of drug-likeness (QED) is 0.602. The summed E-state index contributed by atoms with van der Waals surface area (Å²) in [5.74, 6) is -2.89. The molecule has 0 bridgehead atoms. The Morgan fingerprint density at radius 3 is 2.32 bits per heavy atom. The van der Waals surface area contributed by atoms with Gasteiger partial charge < -0.3 is 15.2 Å². The van der Waals surface area contributed by atoms with Crippen LogP contribution in [0.4, 0.5) is 0 Å². The SMILES string of the molecule is COCCS(=O)(=O)CC(=O)NC(CC(C)C)C(=O)O. The maximum atomic E-state index is 11.5. The second-order valence-corrected chi connectivity index (χ2v) is 6.86. The average Bonchev–Trinajstić information content (AvgIpc) is 2.24. The molecule has 0 saturated heterocycles. The Morgan fingerprint density at radius 1 is 1.32 bits per heavy atom. The molecule has 0 saturated carbocycles. The zero-order valence-electron chi connectivity index (χ0n) is 11.4. The van der Waals surface area contributed by atoms with Crippen LogP contribution in [-0.2, 0) is 24.2 Å². The fourth-order valence-corrected chi connectivity index (χ4v) is 2.46. The Labute approximate surface area is 113 Å². The van der Waals surface area contributed by atoms with E-state index in [0.717, 1.165) is 0 Å². The molecule has 0 heterocycles. The summed E-state index contributed by atoms with van der Waals surface area (Å²) in [5.41, 5.74) is 0. The van der Waals surface area contributed by atoms with Crippen LogP contribution in [0, 0.1) is 5.92 Å². The van der Waals surface area contributed by atoms with Crippen molar-refractivity contribution in [1.29, 1.82) is 0 Å². The Balaban J connectivity index is 4.46. The van der Waals surface area contributed by atoms with E-state index < -0.39 is 33.5 Å². The Morgan fingerprint density at radius 2 is 1.89 bits per heavy atom. The van der Waals surface area contributed by atoms with E-state index >= 15 is 0 Å². The molecular weight excluding hydrogens is 274 g/mol. The summed E-state index contributed by atoms with van der Waals surface area (Å²) in [6.45, 7) is 3.64. The molecule has 112 valence electrons. The number of methoxy groups -OCH3 is 1. The topological polar surface area (TPSA) is 110 Å². The summed E-state index contributed by atoms with van der Waals surface area (Å²) >= 11 is 0. The highest BCUT2D eigenvalue weighted by molar-refractivity contribution is 7.92. The second-order valence-electron chi connectivity index (χ2n) is 4.67. The minimum atomic E-state index is -3.57. The van der Waals surface area contributed by atoms with Crippen LogP contribution >= 0.6 is 0 Å². The lowest BCUT2D eigenvalue weighted by atomic mass is 10.0. The third-order valence-electron chi connectivity index (χ3n) is 2.29. The summed E-state index contributed by atoms with van der Waals surface area (Å²) in [6.07, 6.45) is 0.249. The first-order valence-electron chi connectivity index (χ1n) is 5.89. The normalized spacial score (nSPS) is 13.3. The molecule has 0 aromatic carbocycles. The Kier molecular flexibility index (Phi) is 7.62. The van der Waals surface area contributed by atoms with E-state index in [0.29, 0.717) is 0 Å². The van der Waals surface area contributed by atoms with Gasteiger partial charge in [0.05, 0.1) is 12.4 Å². The van der Waals surface area contributed by atoms with Gasteiger partial charge in [-0.3, -0.25) is 4.79 Å². The first-order chi connectivity index (χ1) is 8.68. The van der Waals surface area contributed by atoms with Crippen LogP contribution < -0.4 is 5.32 Å². The molecule has 0 aliphatic carbocycles. The summed E-state index contributed by atoms with van der Waals surface area (Å²) < 4.78 is 27.6. The van der Waals surface area contributed by atoms with Gasteiger partial charge in [-0.15, -0.1) is 0 Å². The van der Waals surface area contributed by atoms with E-state index in [1.54, 1.807) is 0 Å². The maximum absolute atomic E-state index is 11.5. The molecule has 0 spiro atoms. The minimum Gasteiger partial charge on any atom is -0.480 e. The van der Waals surface area contributed by atoms with Crippen molar-refractivity contribution in [3.63, 3.8) is 0 Å². The average molecular weight is 295 g/mol. The largest absolute Gasteiger partial charge is 0.480 e. The van der Waals surface area contributed by atoms with E-state index in [-0.39, 0.29) is 24.7 Å². The zero-order valence-corrected chi connectivity index (χ0v) is 12.2. The molecule has 0 fully saturated rings. The zero-order chi connectivity index (χ0) is 15.1. The predicted molar refractivity (Wildman–Crippen MR) is 69.6 cm³/mol. The highest BCUT2D eigenvalue weighted by Crippen LogP contribution is 2.05. The van der Waals surface area contributed by atoms with Gasteiger partial charge in [-0.1, -0.05) is 13.8 Å². The van der Waals surface area contributed by atoms with Crippen molar-refractivity contribution in [3.8, 4) is 0 Å². The first kappa shape index (κ1) is 17.8. The van der Waals surface area contributed by atoms with Crippen LogP contribution in [0.15, 0.2) is 0 Å². The summed E-state index contributed by atoms with van der Waals surface area (Å²) in [4.78, 5) is 22.4. The van der Waals surface area contributed by atoms with Gasteiger partial charge in [-0.05, 0) is 12.3 Å². The third-order valence-corrected chi connectivity index (χ3v) is 3.78. The number of carboxylic acid groups (broad SMARTS) is 1. The summed E-state index contributed by atoms with van der Waals surface area (Å²) in [7, 11) is -2.21. The molecule has 0 radical (unpaired) electrons. The lowest BCUT2D eigenvalue weighted by Crippen LogP contribution is -2.44. The maximum Gasteiger partial charge on any atom is 0.326 e. The molecule has 7 nitrogen and oxygen atoms in total. The van der Waals surface area contributed by atoms with Gasteiger partial charge in [0.15, 0.2) is 9.84 Å².